The number of carbonyl (C=O) groups is 3. The van der Waals surface area contributed by atoms with Gasteiger partial charge in [-0.1, -0.05) is 12.1 Å². The van der Waals surface area contributed by atoms with E-state index in [1.165, 1.54) is 12.1 Å². The molecular weight excluding hydrogens is 306 g/mol. The summed E-state index contributed by atoms with van der Waals surface area (Å²) in [6.45, 7) is 1.09. The van der Waals surface area contributed by atoms with Crippen molar-refractivity contribution in [1.82, 2.24) is 0 Å². The Morgan fingerprint density at radius 2 is 1.57 bits per heavy atom. The summed E-state index contributed by atoms with van der Waals surface area (Å²) in [5.74, 6) is -4.27. The average Bonchev–Trinajstić information content (AvgIpc) is 2.76. The van der Waals surface area contributed by atoms with Gasteiger partial charge in [-0.3, -0.25) is 14.4 Å². The highest BCUT2D eigenvalue weighted by atomic mass is 19.1. The second kappa shape index (κ2) is 5.28. The number of benzene rings is 2. The smallest absolute Gasteiger partial charge is 0.266 e. The van der Waals surface area contributed by atoms with Gasteiger partial charge in [-0.25, -0.2) is 13.7 Å². The maximum atomic E-state index is 14.5. The highest BCUT2D eigenvalue weighted by Gasteiger charge is 2.38. The van der Waals surface area contributed by atoms with E-state index in [0.717, 1.165) is 19.1 Å². The van der Waals surface area contributed by atoms with Gasteiger partial charge in [0.2, 0.25) is 5.91 Å². The minimum Gasteiger partial charge on any atom is -0.321 e. The standard InChI is InChI=1S/C16H10F2N2O3/c1-8(21)19-14-11(17)6-7-12(13(14)18)20-15(22)9-4-2-3-5-10(9)16(20)23/h2-7H,1H3,(H,19,21). The molecule has 0 atom stereocenters. The Hall–Kier alpha value is -3.09. The number of hydrogen-bond donors (Lipinski definition) is 1. The fourth-order valence-electron chi connectivity index (χ4n) is 2.41. The molecule has 0 unspecified atom stereocenters. The van der Waals surface area contributed by atoms with Crippen LogP contribution >= 0.6 is 0 Å². The Morgan fingerprint density at radius 1 is 1.00 bits per heavy atom. The summed E-state index contributed by atoms with van der Waals surface area (Å²) in [5, 5.41) is 2.02. The predicted molar refractivity (Wildman–Crippen MR) is 78.2 cm³/mol. The maximum Gasteiger partial charge on any atom is 0.266 e. The van der Waals surface area contributed by atoms with Crippen LogP contribution in [-0.4, -0.2) is 17.7 Å². The Labute approximate surface area is 129 Å². The molecule has 2 aromatic rings. The van der Waals surface area contributed by atoms with Crippen LogP contribution in [-0.2, 0) is 4.79 Å². The third-order valence-corrected chi connectivity index (χ3v) is 3.41. The zero-order valence-corrected chi connectivity index (χ0v) is 11.9. The van der Waals surface area contributed by atoms with Gasteiger partial charge in [0, 0.05) is 6.92 Å². The van der Waals surface area contributed by atoms with Crippen molar-refractivity contribution in [1.29, 1.82) is 0 Å². The summed E-state index contributed by atoms with van der Waals surface area (Å²) >= 11 is 0. The van der Waals surface area contributed by atoms with Crippen molar-refractivity contribution >= 4 is 29.1 Å². The Morgan fingerprint density at radius 3 is 2.09 bits per heavy atom. The van der Waals surface area contributed by atoms with Crippen LogP contribution in [0.2, 0.25) is 0 Å². The van der Waals surface area contributed by atoms with Gasteiger partial charge in [-0.05, 0) is 24.3 Å². The summed E-state index contributed by atoms with van der Waals surface area (Å²) in [4.78, 5) is 36.4. The number of fused-ring (bicyclic) bond motifs is 1. The Bertz CT molecular complexity index is 829. The molecule has 0 saturated carbocycles. The van der Waals surface area contributed by atoms with Crippen LogP contribution < -0.4 is 10.2 Å². The van der Waals surface area contributed by atoms with Gasteiger partial charge in [-0.2, -0.15) is 0 Å². The van der Waals surface area contributed by atoms with E-state index in [2.05, 4.69) is 0 Å². The van der Waals surface area contributed by atoms with Gasteiger partial charge < -0.3 is 5.32 Å². The molecule has 5 nitrogen and oxygen atoms in total. The number of anilines is 2. The maximum absolute atomic E-state index is 14.5. The van der Waals surface area contributed by atoms with E-state index in [0.29, 0.717) is 4.90 Å². The lowest BCUT2D eigenvalue weighted by molar-refractivity contribution is -0.114. The molecule has 0 bridgehead atoms. The van der Waals surface area contributed by atoms with E-state index in [9.17, 15) is 23.2 Å². The predicted octanol–water partition coefficient (Wildman–Crippen LogP) is 2.72. The first-order valence-corrected chi connectivity index (χ1v) is 6.65. The molecule has 1 aliphatic rings. The lowest BCUT2D eigenvalue weighted by atomic mass is 10.1. The van der Waals surface area contributed by atoms with Crippen LogP contribution in [0.1, 0.15) is 27.6 Å². The van der Waals surface area contributed by atoms with Crippen LogP contribution in [0.4, 0.5) is 20.2 Å². The highest BCUT2D eigenvalue weighted by molar-refractivity contribution is 6.34. The van der Waals surface area contributed by atoms with Crippen LogP contribution in [0.5, 0.6) is 0 Å². The molecule has 0 saturated heterocycles. The number of rotatable bonds is 2. The number of nitrogens with zero attached hydrogens (tertiary/aromatic N) is 1. The molecule has 0 spiro atoms. The minimum atomic E-state index is -1.19. The quantitative estimate of drug-likeness (QED) is 0.866. The minimum absolute atomic E-state index is 0.141. The van der Waals surface area contributed by atoms with Gasteiger partial charge in [0.25, 0.3) is 11.8 Å². The Balaban J connectivity index is 2.12. The summed E-state index contributed by atoms with van der Waals surface area (Å²) < 4.78 is 28.2. The monoisotopic (exact) mass is 316 g/mol. The van der Waals surface area contributed by atoms with Crippen molar-refractivity contribution in [3.8, 4) is 0 Å². The third kappa shape index (κ3) is 2.26. The van der Waals surface area contributed by atoms with Crippen molar-refractivity contribution in [3.05, 3.63) is 59.2 Å². The zero-order chi connectivity index (χ0) is 16.7. The Kier molecular flexibility index (Phi) is 3.40. The average molecular weight is 316 g/mol. The number of nitrogens with one attached hydrogen (secondary N) is 1. The molecule has 0 aliphatic carbocycles. The van der Waals surface area contributed by atoms with Gasteiger partial charge in [0.05, 0.1) is 16.8 Å². The summed E-state index contributed by atoms with van der Waals surface area (Å²) in [6, 6.07) is 7.93. The number of hydrogen-bond acceptors (Lipinski definition) is 3. The zero-order valence-electron chi connectivity index (χ0n) is 11.9. The molecule has 7 heteroatoms. The first-order valence-electron chi connectivity index (χ1n) is 6.65. The topological polar surface area (TPSA) is 66.5 Å². The van der Waals surface area contributed by atoms with Gasteiger partial charge >= 0.3 is 0 Å². The molecule has 1 aliphatic heterocycles. The summed E-state index contributed by atoms with van der Waals surface area (Å²) in [6.07, 6.45) is 0. The number of amides is 3. The van der Waals surface area contributed by atoms with Crippen molar-refractivity contribution in [3.63, 3.8) is 0 Å². The van der Waals surface area contributed by atoms with E-state index >= 15 is 0 Å². The van der Waals surface area contributed by atoms with E-state index in [1.807, 2.05) is 5.32 Å². The molecule has 1 N–H and O–H groups in total. The molecule has 3 rings (SSSR count). The largest absolute Gasteiger partial charge is 0.321 e. The summed E-state index contributed by atoms with van der Waals surface area (Å²) in [7, 11) is 0. The molecule has 0 radical (unpaired) electrons. The molecule has 0 aromatic heterocycles. The van der Waals surface area contributed by atoms with Crippen LogP contribution in [0.25, 0.3) is 0 Å². The molecule has 0 fully saturated rings. The van der Waals surface area contributed by atoms with E-state index in [4.69, 9.17) is 0 Å². The number of halogens is 2. The second-order valence-corrected chi connectivity index (χ2v) is 4.93. The first kappa shape index (κ1) is 14.8. The lowest BCUT2D eigenvalue weighted by Crippen LogP contribution is -2.30. The SMILES string of the molecule is CC(=O)Nc1c(F)ccc(N2C(=O)c3ccccc3C2=O)c1F. The molecule has 2 aromatic carbocycles. The van der Waals surface area contributed by atoms with E-state index in [1.54, 1.807) is 12.1 Å². The second-order valence-electron chi connectivity index (χ2n) is 4.93. The molecule has 23 heavy (non-hydrogen) atoms. The van der Waals surface area contributed by atoms with Gasteiger partial charge in [0.15, 0.2) is 5.82 Å². The third-order valence-electron chi connectivity index (χ3n) is 3.41. The van der Waals surface area contributed by atoms with Crippen molar-refractivity contribution in [2.24, 2.45) is 0 Å². The van der Waals surface area contributed by atoms with E-state index in [-0.39, 0.29) is 11.1 Å². The van der Waals surface area contributed by atoms with E-state index < -0.39 is 40.7 Å². The van der Waals surface area contributed by atoms with Crippen LogP contribution in [0, 0.1) is 11.6 Å². The molecule has 1 heterocycles. The van der Waals surface area contributed by atoms with Crippen molar-refractivity contribution in [2.75, 3.05) is 10.2 Å². The van der Waals surface area contributed by atoms with Gasteiger partial charge in [-0.15, -0.1) is 0 Å². The number of carbonyl (C=O) groups excluding carboxylic acids is 3. The van der Waals surface area contributed by atoms with Crippen LogP contribution in [0.3, 0.4) is 0 Å². The fraction of sp³-hybridized carbons (Fsp3) is 0.0625. The van der Waals surface area contributed by atoms with Crippen molar-refractivity contribution < 1.29 is 23.2 Å². The first-order chi connectivity index (χ1) is 10.9. The van der Waals surface area contributed by atoms with Gasteiger partial charge in [0.1, 0.15) is 11.5 Å². The number of imide groups is 1. The normalized spacial score (nSPS) is 13.3. The molecule has 116 valence electrons. The lowest BCUT2D eigenvalue weighted by Gasteiger charge is -2.17. The molecule has 3 amide bonds. The fourth-order valence-corrected chi connectivity index (χ4v) is 2.41. The molecular formula is C16H10F2N2O3. The summed E-state index contributed by atoms with van der Waals surface area (Å²) in [5.41, 5.74) is -0.836. The van der Waals surface area contributed by atoms with Crippen molar-refractivity contribution in [2.45, 2.75) is 6.92 Å². The van der Waals surface area contributed by atoms with Crippen LogP contribution in [0.15, 0.2) is 36.4 Å². The highest BCUT2D eigenvalue weighted by Crippen LogP contribution is 2.34.